The smallest absolute Gasteiger partial charge is 0.120 e. The molecule has 0 N–H and O–H groups in total. The molecule has 0 aromatic heterocycles. The highest BCUT2D eigenvalue weighted by Gasteiger charge is 2.55. The van der Waals surface area contributed by atoms with Gasteiger partial charge in [0.15, 0.2) is 0 Å². The maximum atomic E-state index is 11.1. The van der Waals surface area contributed by atoms with E-state index in [1.807, 2.05) is 13.8 Å². The van der Waals surface area contributed by atoms with Gasteiger partial charge in [-0.15, -0.1) is 0 Å². The predicted octanol–water partition coefficient (Wildman–Crippen LogP) is 6.43. The van der Waals surface area contributed by atoms with Crippen molar-refractivity contribution in [2.45, 2.75) is 86.0 Å². The van der Waals surface area contributed by atoms with Gasteiger partial charge in [0, 0.05) is 6.42 Å². The van der Waals surface area contributed by atoms with E-state index < -0.39 is 0 Å². The first-order valence-electron chi connectivity index (χ1n) is 10.2. The molecular formula is C22H38O. The maximum absolute atomic E-state index is 11.1. The van der Waals surface area contributed by atoms with E-state index in [0.717, 1.165) is 24.2 Å². The van der Waals surface area contributed by atoms with Crippen LogP contribution in [-0.2, 0) is 4.79 Å². The fourth-order valence-corrected chi connectivity index (χ4v) is 6.45. The van der Waals surface area contributed by atoms with Crippen molar-refractivity contribution in [2.24, 2.45) is 34.5 Å². The summed E-state index contributed by atoms with van der Waals surface area (Å²) in [4.78, 5) is 11.1. The van der Waals surface area contributed by atoms with Gasteiger partial charge in [0.05, 0.1) is 0 Å². The van der Waals surface area contributed by atoms with Crippen LogP contribution >= 0.6 is 0 Å². The van der Waals surface area contributed by atoms with Crippen molar-refractivity contribution in [1.82, 2.24) is 0 Å². The predicted molar refractivity (Wildman–Crippen MR) is 99.3 cm³/mol. The number of hydrogen-bond donors (Lipinski definition) is 0. The zero-order valence-electron chi connectivity index (χ0n) is 16.1. The molecule has 2 saturated carbocycles. The molecule has 0 aromatic rings. The summed E-state index contributed by atoms with van der Waals surface area (Å²) in [5.41, 5.74) is 0.883. The second-order valence-electron chi connectivity index (χ2n) is 8.49. The molecule has 0 amide bonds. The Balaban J connectivity index is 0.000000924. The number of rotatable bonds is 4. The molecule has 6 unspecified atom stereocenters. The van der Waals surface area contributed by atoms with Gasteiger partial charge in [-0.1, -0.05) is 53.2 Å². The Bertz CT molecular complexity index is 426. The molecular weight excluding hydrogens is 280 g/mol. The quantitative estimate of drug-likeness (QED) is 0.431. The standard InChI is InChI=1S/C20H32O.C2H6/c1-4-11-20(3)15(10-14-21)7-8-16-17-6-5-12-19(17,2)13-9-18(16)20;1-2/h5,12,14-18H,4,6-11,13H2,1-3H3;1-2H3. The molecule has 3 aliphatic rings. The summed E-state index contributed by atoms with van der Waals surface area (Å²) in [7, 11) is 0. The van der Waals surface area contributed by atoms with Crippen molar-refractivity contribution in [3.63, 3.8) is 0 Å². The fourth-order valence-electron chi connectivity index (χ4n) is 6.45. The van der Waals surface area contributed by atoms with Gasteiger partial charge in [0.1, 0.15) is 6.29 Å². The first kappa shape index (κ1) is 18.7. The van der Waals surface area contributed by atoms with Gasteiger partial charge in [-0.05, 0) is 73.0 Å². The zero-order valence-corrected chi connectivity index (χ0v) is 16.1. The van der Waals surface area contributed by atoms with E-state index in [-0.39, 0.29) is 0 Å². The Labute approximate surface area is 144 Å². The largest absolute Gasteiger partial charge is 0.303 e. The highest BCUT2D eigenvalue weighted by Crippen LogP contribution is 2.63. The summed E-state index contributed by atoms with van der Waals surface area (Å²) in [6.07, 6.45) is 16.2. The van der Waals surface area contributed by atoms with Gasteiger partial charge in [-0.2, -0.15) is 0 Å². The molecule has 1 nitrogen and oxygen atoms in total. The number of fused-ring (bicyclic) bond motifs is 3. The molecule has 0 spiro atoms. The number of carbonyl (C=O) groups excluding carboxylic acids is 1. The van der Waals surface area contributed by atoms with E-state index in [0.29, 0.717) is 16.7 Å². The van der Waals surface area contributed by atoms with E-state index in [1.165, 1.54) is 51.2 Å². The molecule has 3 rings (SSSR count). The van der Waals surface area contributed by atoms with E-state index in [4.69, 9.17) is 0 Å². The van der Waals surface area contributed by atoms with E-state index in [9.17, 15) is 4.79 Å². The van der Waals surface area contributed by atoms with Gasteiger partial charge in [-0.3, -0.25) is 0 Å². The van der Waals surface area contributed by atoms with Crippen LogP contribution in [0.2, 0.25) is 0 Å². The lowest BCUT2D eigenvalue weighted by Gasteiger charge is -2.58. The van der Waals surface area contributed by atoms with Crippen LogP contribution in [0.3, 0.4) is 0 Å². The van der Waals surface area contributed by atoms with Crippen molar-refractivity contribution in [3.8, 4) is 0 Å². The molecule has 132 valence electrons. The van der Waals surface area contributed by atoms with Crippen LogP contribution < -0.4 is 0 Å². The Morgan fingerprint density at radius 2 is 1.87 bits per heavy atom. The van der Waals surface area contributed by atoms with Crippen LogP contribution in [0.1, 0.15) is 86.0 Å². The van der Waals surface area contributed by atoms with Gasteiger partial charge in [0.25, 0.3) is 0 Å². The van der Waals surface area contributed by atoms with Crippen molar-refractivity contribution in [2.75, 3.05) is 0 Å². The molecule has 0 saturated heterocycles. The average Bonchev–Trinajstić information content (AvgIpc) is 2.94. The van der Waals surface area contributed by atoms with Gasteiger partial charge >= 0.3 is 0 Å². The molecule has 23 heavy (non-hydrogen) atoms. The molecule has 2 fully saturated rings. The van der Waals surface area contributed by atoms with Crippen molar-refractivity contribution in [1.29, 1.82) is 0 Å². The molecule has 0 heterocycles. The Hall–Kier alpha value is -0.590. The van der Waals surface area contributed by atoms with Crippen molar-refractivity contribution < 1.29 is 4.79 Å². The van der Waals surface area contributed by atoms with E-state index >= 15 is 0 Å². The first-order valence-corrected chi connectivity index (χ1v) is 10.2. The Kier molecular flexibility index (Phi) is 6.14. The Morgan fingerprint density at radius 1 is 1.13 bits per heavy atom. The Morgan fingerprint density at radius 3 is 2.52 bits per heavy atom. The molecule has 1 heteroatoms. The SMILES string of the molecule is CC.CCCC1(C)C(CC=O)CCC2C3CC=CC3(C)CCC21. The molecule has 6 atom stereocenters. The highest BCUT2D eigenvalue weighted by atomic mass is 16.1. The third kappa shape index (κ3) is 3.17. The molecule has 0 bridgehead atoms. The van der Waals surface area contributed by atoms with Crippen LogP contribution in [0.5, 0.6) is 0 Å². The third-order valence-corrected chi connectivity index (χ3v) is 7.56. The van der Waals surface area contributed by atoms with E-state index in [1.54, 1.807) is 0 Å². The minimum absolute atomic E-state index is 0.405. The summed E-state index contributed by atoms with van der Waals surface area (Å²) in [5.74, 6) is 3.27. The summed E-state index contributed by atoms with van der Waals surface area (Å²) in [6, 6.07) is 0. The molecule has 0 aliphatic heterocycles. The lowest BCUT2D eigenvalue weighted by Crippen LogP contribution is -2.51. The fraction of sp³-hybridized carbons (Fsp3) is 0.864. The van der Waals surface area contributed by atoms with Crippen molar-refractivity contribution in [3.05, 3.63) is 12.2 Å². The highest BCUT2D eigenvalue weighted by molar-refractivity contribution is 5.50. The van der Waals surface area contributed by atoms with Crippen LogP contribution in [0, 0.1) is 34.5 Å². The van der Waals surface area contributed by atoms with Crippen LogP contribution in [0.25, 0.3) is 0 Å². The van der Waals surface area contributed by atoms with Crippen LogP contribution in [-0.4, -0.2) is 6.29 Å². The summed E-state index contributed by atoms with van der Waals surface area (Å²) in [6.45, 7) is 11.3. The number of allylic oxidation sites excluding steroid dienone is 2. The van der Waals surface area contributed by atoms with Gasteiger partial charge < -0.3 is 4.79 Å². The summed E-state index contributed by atoms with van der Waals surface area (Å²) < 4.78 is 0. The molecule has 0 aromatic carbocycles. The topological polar surface area (TPSA) is 17.1 Å². The van der Waals surface area contributed by atoms with Gasteiger partial charge in [0.2, 0.25) is 0 Å². The normalized spacial score (nSPS) is 44.7. The first-order chi connectivity index (χ1) is 11.0. The summed E-state index contributed by atoms with van der Waals surface area (Å²) >= 11 is 0. The third-order valence-electron chi connectivity index (χ3n) is 7.56. The second kappa shape index (κ2) is 7.53. The second-order valence-corrected chi connectivity index (χ2v) is 8.49. The number of aldehydes is 1. The number of carbonyl (C=O) groups is 1. The molecule has 0 radical (unpaired) electrons. The lowest BCUT2D eigenvalue weighted by molar-refractivity contribution is -0.116. The van der Waals surface area contributed by atoms with Crippen molar-refractivity contribution >= 4 is 6.29 Å². The van der Waals surface area contributed by atoms with E-state index in [2.05, 4.69) is 32.9 Å². The van der Waals surface area contributed by atoms with Gasteiger partial charge in [-0.25, -0.2) is 0 Å². The molecule has 3 aliphatic carbocycles. The summed E-state index contributed by atoms with van der Waals surface area (Å²) in [5, 5.41) is 0. The van der Waals surface area contributed by atoms with Crippen LogP contribution in [0.4, 0.5) is 0 Å². The average molecular weight is 319 g/mol. The maximum Gasteiger partial charge on any atom is 0.120 e. The number of hydrogen-bond acceptors (Lipinski definition) is 1. The van der Waals surface area contributed by atoms with Crippen LogP contribution in [0.15, 0.2) is 12.2 Å². The zero-order chi connectivity index (χ0) is 17.1. The monoisotopic (exact) mass is 318 g/mol. The minimum atomic E-state index is 0.405. The lowest BCUT2D eigenvalue weighted by atomic mass is 9.46. The minimum Gasteiger partial charge on any atom is -0.303 e.